The summed E-state index contributed by atoms with van der Waals surface area (Å²) < 4.78 is 2.02. The molecule has 0 spiro atoms. The predicted octanol–water partition coefficient (Wildman–Crippen LogP) is 3.48. The van der Waals surface area contributed by atoms with Gasteiger partial charge >= 0.3 is 0 Å². The number of hydrogen-bond acceptors (Lipinski definition) is 3. The molecular formula is C17H19N3O. The maximum atomic E-state index is 9.81. The molecular weight excluding hydrogens is 262 g/mol. The van der Waals surface area contributed by atoms with Gasteiger partial charge in [-0.25, -0.2) is 4.98 Å². The zero-order chi connectivity index (χ0) is 15.0. The molecule has 108 valence electrons. The van der Waals surface area contributed by atoms with Crippen molar-refractivity contribution >= 4 is 11.0 Å². The summed E-state index contributed by atoms with van der Waals surface area (Å²) in [5.74, 6) is 0. The molecule has 0 fully saturated rings. The molecule has 2 heterocycles. The highest BCUT2D eigenvalue weighted by Gasteiger charge is 2.09. The molecule has 0 aliphatic carbocycles. The number of fused-ring (bicyclic) bond motifs is 1. The summed E-state index contributed by atoms with van der Waals surface area (Å²) in [5.41, 5.74) is 6.20. The summed E-state index contributed by atoms with van der Waals surface area (Å²) in [6.45, 7) is 6.14. The second-order valence-corrected chi connectivity index (χ2v) is 5.41. The van der Waals surface area contributed by atoms with Gasteiger partial charge in [0, 0.05) is 0 Å². The van der Waals surface area contributed by atoms with Crippen molar-refractivity contribution in [3.8, 4) is 5.69 Å². The zero-order valence-electron chi connectivity index (χ0n) is 12.5. The lowest BCUT2D eigenvalue weighted by Crippen LogP contribution is -2.00. The summed E-state index contributed by atoms with van der Waals surface area (Å²) in [4.78, 5) is 8.81. The first kappa shape index (κ1) is 13.8. The molecule has 1 N–H and O–H groups in total. The van der Waals surface area contributed by atoms with Crippen molar-refractivity contribution in [2.45, 2.75) is 33.3 Å². The Kier molecular flexibility index (Phi) is 3.47. The van der Waals surface area contributed by atoms with Crippen LogP contribution in [0.2, 0.25) is 0 Å². The lowest BCUT2D eigenvalue weighted by molar-refractivity contribution is 0.169. The van der Waals surface area contributed by atoms with Gasteiger partial charge in [0.15, 0.2) is 0 Å². The Morgan fingerprint density at radius 1 is 1.14 bits per heavy atom. The molecule has 0 unspecified atom stereocenters. The average Bonchev–Trinajstić information content (AvgIpc) is 2.90. The van der Waals surface area contributed by atoms with E-state index in [0.717, 1.165) is 16.7 Å². The third-order valence-corrected chi connectivity index (χ3v) is 3.94. The molecule has 2 aromatic heterocycles. The molecule has 21 heavy (non-hydrogen) atoms. The Balaban J connectivity index is 2.06. The highest BCUT2D eigenvalue weighted by molar-refractivity contribution is 5.79. The molecule has 1 atom stereocenters. The van der Waals surface area contributed by atoms with Crippen LogP contribution in [0.4, 0.5) is 0 Å². The van der Waals surface area contributed by atoms with Crippen LogP contribution >= 0.6 is 0 Å². The van der Waals surface area contributed by atoms with Gasteiger partial charge in [-0.2, -0.15) is 0 Å². The van der Waals surface area contributed by atoms with Crippen LogP contribution in [0, 0.1) is 13.8 Å². The fourth-order valence-corrected chi connectivity index (χ4v) is 2.42. The Hall–Kier alpha value is -2.20. The molecule has 0 aliphatic rings. The maximum Gasteiger partial charge on any atom is 0.100 e. The summed E-state index contributed by atoms with van der Waals surface area (Å²) >= 11 is 0. The molecule has 3 aromatic rings. The lowest BCUT2D eigenvalue weighted by atomic mass is 10.1. The molecule has 0 saturated heterocycles. The first-order valence-corrected chi connectivity index (χ1v) is 7.19. The van der Waals surface area contributed by atoms with Gasteiger partial charge in [-0.05, 0) is 55.7 Å². The van der Waals surface area contributed by atoms with E-state index in [1.54, 1.807) is 6.20 Å². The van der Waals surface area contributed by atoms with Crippen molar-refractivity contribution in [3.63, 3.8) is 0 Å². The number of hydrogen-bond donors (Lipinski definition) is 1. The van der Waals surface area contributed by atoms with Crippen LogP contribution in [0.1, 0.15) is 36.3 Å². The second-order valence-electron chi connectivity index (χ2n) is 5.41. The maximum absolute atomic E-state index is 9.81. The molecule has 4 heteroatoms. The van der Waals surface area contributed by atoms with E-state index in [-0.39, 0.29) is 0 Å². The normalized spacial score (nSPS) is 12.8. The predicted molar refractivity (Wildman–Crippen MR) is 83.6 cm³/mol. The number of aryl methyl sites for hydroxylation is 2. The smallest absolute Gasteiger partial charge is 0.100 e. The highest BCUT2D eigenvalue weighted by atomic mass is 16.3. The van der Waals surface area contributed by atoms with Gasteiger partial charge in [-0.3, -0.25) is 9.55 Å². The zero-order valence-corrected chi connectivity index (χ0v) is 12.5. The van der Waals surface area contributed by atoms with E-state index < -0.39 is 6.10 Å². The molecule has 0 bridgehead atoms. The third kappa shape index (κ3) is 2.43. The van der Waals surface area contributed by atoms with Crippen LogP contribution < -0.4 is 0 Å². The first-order valence-electron chi connectivity index (χ1n) is 7.19. The second kappa shape index (κ2) is 5.30. The quantitative estimate of drug-likeness (QED) is 0.799. The van der Waals surface area contributed by atoms with Crippen LogP contribution in [0.15, 0.2) is 36.8 Å². The molecule has 0 amide bonds. The van der Waals surface area contributed by atoms with Crippen LogP contribution in [-0.2, 0) is 0 Å². The van der Waals surface area contributed by atoms with Crippen LogP contribution in [-0.4, -0.2) is 19.6 Å². The van der Waals surface area contributed by atoms with Crippen molar-refractivity contribution in [3.05, 3.63) is 53.6 Å². The van der Waals surface area contributed by atoms with Crippen molar-refractivity contribution in [2.24, 2.45) is 0 Å². The van der Waals surface area contributed by atoms with E-state index in [2.05, 4.69) is 35.9 Å². The van der Waals surface area contributed by atoms with Gasteiger partial charge in [0.05, 0.1) is 34.7 Å². The fourth-order valence-electron chi connectivity index (χ4n) is 2.42. The van der Waals surface area contributed by atoms with Gasteiger partial charge in [0.2, 0.25) is 0 Å². The number of nitrogens with zero attached hydrogens (tertiary/aromatic N) is 3. The van der Waals surface area contributed by atoms with Gasteiger partial charge in [0.1, 0.15) is 6.33 Å². The van der Waals surface area contributed by atoms with Crippen molar-refractivity contribution in [1.82, 2.24) is 14.5 Å². The van der Waals surface area contributed by atoms with E-state index >= 15 is 0 Å². The number of imidazole rings is 1. The van der Waals surface area contributed by atoms with E-state index in [1.165, 1.54) is 11.1 Å². The number of aliphatic hydroxyl groups excluding tert-OH is 1. The van der Waals surface area contributed by atoms with Gasteiger partial charge in [-0.15, -0.1) is 0 Å². The van der Waals surface area contributed by atoms with Gasteiger partial charge in [-0.1, -0.05) is 6.92 Å². The largest absolute Gasteiger partial charge is 0.387 e. The lowest BCUT2D eigenvalue weighted by Gasteiger charge is -2.09. The van der Waals surface area contributed by atoms with Crippen LogP contribution in [0.5, 0.6) is 0 Å². The van der Waals surface area contributed by atoms with Crippen LogP contribution in [0.3, 0.4) is 0 Å². The summed E-state index contributed by atoms with van der Waals surface area (Å²) in [5, 5.41) is 9.81. The van der Waals surface area contributed by atoms with Gasteiger partial charge in [0.25, 0.3) is 0 Å². The standard InChI is InChI=1S/C17H19N3O/c1-4-17(21)14-6-5-13(9-18-14)20-10-19-15-7-11(2)12(3)8-16(15)20/h5-10,17,21H,4H2,1-3H3/t17-/m0/s1. The van der Waals surface area contributed by atoms with E-state index in [0.29, 0.717) is 12.1 Å². The minimum atomic E-state index is -0.497. The Morgan fingerprint density at radius 2 is 1.90 bits per heavy atom. The molecule has 3 rings (SSSR count). The number of aromatic nitrogens is 3. The SMILES string of the molecule is CC[C@H](O)c1ccc(-n2cnc3cc(C)c(C)cc32)cn1. The topological polar surface area (TPSA) is 50.9 Å². The van der Waals surface area contributed by atoms with Crippen molar-refractivity contribution in [1.29, 1.82) is 0 Å². The minimum absolute atomic E-state index is 0.497. The fraction of sp³-hybridized carbons (Fsp3) is 0.294. The summed E-state index contributed by atoms with van der Waals surface area (Å²) in [6, 6.07) is 8.09. The average molecular weight is 281 g/mol. The first-order chi connectivity index (χ1) is 10.1. The Bertz CT molecular complexity index is 775. The Labute approximate surface area is 124 Å². The van der Waals surface area contributed by atoms with E-state index in [9.17, 15) is 5.11 Å². The van der Waals surface area contributed by atoms with Crippen molar-refractivity contribution in [2.75, 3.05) is 0 Å². The van der Waals surface area contributed by atoms with Crippen molar-refractivity contribution < 1.29 is 5.11 Å². The third-order valence-electron chi connectivity index (χ3n) is 3.94. The molecule has 0 radical (unpaired) electrons. The van der Waals surface area contributed by atoms with E-state index in [1.807, 2.05) is 30.0 Å². The Morgan fingerprint density at radius 3 is 2.57 bits per heavy atom. The summed E-state index contributed by atoms with van der Waals surface area (Å²) in [7, 11) is 0. The van der Waals surface area contributed by atoms with E-state index in [4.69, 9.17) is 0 Å². The highest BCUT2D eigenvalue weighted by Crippen LogP contribution is 2.22. The number of rotatable bonds is 3. The number of pyridine rings is 1. The monoisotopic (exact) mass is 281 g/mol. The molecule has 0 aliphatic heterocycles. The molecule has 0 saturated carbocycles. The number of benzene rings is 1. The summed E-state index contributed by atoms with van der Waals surface area (Å²) in [6.07, 6.45) is 3.77. The number of aliphatic hydroxyl groups is 1. The minimum Gasteiger partial charge on any atom is -0.387 e. The molecule has 1 aromatic carbocycles. The molecule has 4 nitrogen and oxygen atoms in total. The van der Waals surface area contributed by atoms with Gasteiger partial charge < -0.3 is 5.11 Å². The van der Waals surface area contributed by atoms with Crippen LogP contribution in [0.25, 0.3) is 16.7 Å².